The van der Waals surface area contributed by atoms with E-state index >= 15 is 0 Å². The van der Waals surface area contributed by atoms with Crippen LogP contribution < -0.4 is 10.1 Å². The van der Waals surface area contributed by atoms with E-state index in [4.69, 9.17) is 10.00 Å². The van der Waals surface area contributed by atoms with Crippen LogP contribution in [0.3, 0.4) is 0 Å². The number of aromatic nitrogens is 2. The highest BCUT2D eigenvalue weighted by Gasteiger charge is 2.16. The van der Waals surface area contributed by atoms with E-state index in [0.717, 1.165) is 17.3 Å². The van der Waals surface area contributed by atoms with Crippen LogP contribution in [0.25, 0.3) is 11.3 Å². The Balaban J connectivity index is 1.60. The maximum atomic E-state index is 14.8. The van der Waals surface area contributed by atoms with Crippen LogP contribution >= 0.6 is 0 Å². The van der Waals surface area contributed by atoms with E-state index in [9.17, 15) is 13.3 Å². The van der Waals surface area contributed by atoms with Crippen molar-refractivity contribution >= 4 is 21.7 Å². The van der Waals surface area contributed by atoms with Crippen molar-refractivity contribution in [2.75, 3.05) is 11.6 Å². The van der Waals surface area contributed by atoms with Gasteiger partial charge in [-0.15, -0.1) is 4.36 Å². The minimum absolute atomic E-state index is 0.0478. The third kappa shape index (κ3) is 6.47. The predicted molar refractivity (Wildman–Crippen MR) is 137 cm³/mol. The van der Waals surface area contributed by atoms with Gasteiger partial charge in [-0.3, -0.25) is 0 Å². The molecular weight excluding hydrogens is 484 g/mol. The van der Waals surface area contributed by atoms with Crippen LogP contribution in [0.15, 0.2) is 83.4 Å². The minimum Gasteiger partial charge on any atom is -0.488 e. The number of hydrogen-bond acceptors (Lipinski definition) is 6. The molecule has 2 N–H and O–H groups in total. The molecule has 0 radical (unpaired) electrons. The number of ether oxygens (including phenoxy) is 1. The van der Waals surface area contributed by atoms with Gasteiger partial charge in [-0.05, 0) is 41.6 Å². The molecule has 0 atom stereocenters. The monoisotopic (exact) mass is 507 g/mol. The molecule has 36 heavy (non-hydrogen) atoms. The largest absolute Gasteiger partial charge is 0.488 e. The van der Waals surface area contributed by atoms with Crippen molar-refractivity contribution in [2.45, 2.75) is 12.4 Å². The molecule has 4 aromatic rings. The smallest absolute Gasteiger partial charge is 0.227 e. The lowest BCUT2D eigenvalue weighted by Crippen LogP contribution is -2.10. The van der Waals surface area contributed by atoms with Crippen LogP contribution in [0.2, 0.25) is 0 Å². The van der Waals surface area contributed by atoms with Crippen molar-refractivity contribution < 1.29 is 18.1 Å². The van der Waals surface area contributed by atoms with Crippen molar-refractivity contribution in [1.29, 1.82) is 5.26 Å². The minimum atomic E-state index is -2.75. The summed E-state index contributed by atoms with van der Waals surface area (Å²) >= 11 is 0. The fourth-order valence-electron chi connectivity index (χ4n) is 3.52. The highest BCUT2D eigenvalue weighted by atomic mass is 32.3. The van der Waals surface area contributed by atoms with Gasteiger partial charge in [-0.2, -0.15) is 5.26 Å². The molecule has 0 saturated carbocycles. The van der Waals surface area contributed by atoms with E-state index in [1.54, 1.807) is 36.7 Å². The first-order valence-corrected chi connectivity index (χ1v) is 13.2. The first-order chi connectivity index (χ1) is 17.3. The Kier molecular flexibility index (Phi) is 7.63. The zero-order valence-electron chi connectivity index (χ0n) is 19.3. The first-order valence-electron chi connectivity index (χ1n) is 10.9. The summed E-state index contributed by atoms with van der Waals surface area (Å²) in [6.45, 7) is 0.173. The van der Waals surface area contributed by atoms with Crippen LogP contribution in [-0.4, -0.2) is 20.8 Å². The number of hydrogen-bond donors (Lipinski definition) is 3. The van der Waals surface area contributed by atoms with Crippen LogP contribution in [0.5, 0.6) is 5.75 Å². The highest BCUT2D eigenvalue weighted by molar-refractivity contribution is 7.98. The molecule has 1 heterocycles. The standard InChI is InChI=1S/C26H23F2N5O2S/c1-36(34,31-17-29)16-19-8-5-9-21(12-19)32-26-30-14-23(28)25(33-26)22-11-10-20(27)13-24(22)35-15-18-6-3-2-4-7-18/h2-14,36H,15-16H2,1H3,(H,31,34)(H,30,32,33). The number of halogens is 2. The fraction of sp³-hybridized carbons (Fsp3) is 0.115. The number of anilines is 2. The number of benzene rings is 3. The van der Waals surface area contributed by atoms with E-state index in [0.29, 0.717) is 5.69 Å². The molecule has 0 spiro atoms. The Morgan fingerprint density at radius 3 is 2.61 bits per heavy atom. The molecule has 0 unspecified atom stereocenters. The maximum Gasteiger partial charge on any atom is 0.227 e. The van der Waals surface area contributed by atoms with E-state index < -0.39 is 21.7 Å². The van der Waals surface area contributed by atoms with Gasteiger partial charge in [-0.1, -0.05) is 52.6 Å². The third-order valence-corrected chi connectivity index (χ3v) is 6.59. The Labute approximate surface area is 208 Å². The van der Waals surface area contributed by atoms with Crippen LogP contribution in [0, 0.1) is 23.1 Å². The zero-order valence-corrected chi connectivity index (χ0v) is 20.2. The summed E-state index contributed by atoms with van der Waals surface area (Å²) in [5.74, 6) is -0.719. The van der Waals surface area contributed by atoms with Crippen molar-refractivity contribution in [3.8, 4) is 23.2 Å². The summed E-state index contributed by atoms with van der Waals surface area (Å²) in [5, 5.41) is 11.8. The van der Waals surface area contributed by atoms with Gasteiger partial charge in [0.1, 0.15) is 23.9 Å². The maximum absolute atomic E-state index is 14.8. The molecule has 0 aliphatic heterocycles. The second kappa shape index (κ2) is 11.0. The molecule has 0 amide bonds. The van der Waals surface area contributed by atoms with Crippen LogP contribution in [0.1, 0.15) is 11.1 Å². The van der Waals surface area contributed by atoms with E-state index in [1.807, 2.05) is 30.3 Å². The molecule has 0 fully saturated rings. The summed E-state index contributed by atoms with van der Waals surface area (Å²) in [4.78, 5) is 8.33. The second-order valence-electron chi connectivity index (χ2n) is 8.08. The molecule has 1 aromatic heterocycles. The van der Waals surface area contributed by atoms with Crippen molar-refractivity contribution in [2.24, 2.45) is 4.36 Å². The first kappa shape index (κ1) is 24.9. The second-order valence-corrected chi connectivity index (χ2v) is 10.8. The summed E-state index contributed by atoms with van der Waals surface area (Å²) in [7, 11) is -2.75. The lowest BCUT2D eigenvalue weighted by molar-refractivity contribution is 0.305. The van der Waals surface area contributed by atoms with E-state index in [2.05, 4.69) is 19.6 Å². The van der Waals surface area contributed by atoms with E-state index in [1.165, 1.54) is 18.2 Å². The Bertz CT molecular complexity index is 1470. The predicted octanol–water partition coefficient (Wildman–Crippen LogP) is 5.90. The molecule has 0 aliphatic rings. The van der Waals surface area contributed by atoms with Crippen molar-refractivity contribution in [3.63, 3.8) is 0 Å². The number of nitriles is 1. The summed E-state index contributed by atoms with van der Waals surface area (Å²) in [6.07, 6.45) is 4.23. The normalized spacial score (nSPS) is 11.4. The molecule has 4 rings (SSSR count). The summed E-state index contributed by atoms with van der Waals surface area (Å²) in [6, 6.07) is 20.3. The molecule has 0 bridgehead atoms. The Morgan fingerprint density at radius 2 is 1.83 bits per heavy atom. The Morgan fingerprint density at radius 1 is 1.06 bits per heavy atom. The van der Waals surface area contributed by atoms with Gasteiger partial charge in [0.25, 0.3) is 0 Å². The molecule has 3 aromatic carbocycles. The zero-order chi connectivity index (χ0) is 25.5. The lowest BCUT2D eigenvalue weighted by Gasteiger charge is -2.16. The van der Waals surface area contributed by atoms with Crippen molar-refractivity contribution in [3.05, 3.63) is 102 Å². The molecule has 0 aliphatic carbocycles. The SMILES string of the molecule is C[SH](O)(Cc1cccc(Nc2ncc(F)c(-c3ccc(F)cc3OCc3ccccc3)n2)c1)=NC#N. The fourth-order valence-corrected chi connectivity index (χ4v) is 4.67. The van der Waals surface area contributed by atoms with Gasteiger partial charge in [0.2, 0.25) is 12.1 Å². The van der Waals surface area contributed by atoms with Crippen LogP contribution in [0.4, 0.5) is 20.4 Å². The molecule has 0 saturated heterocycles. The Hall–Kier alpha value is -4.20. The average Bonchev–Trinajstić information content (AvgIpc) is 2.85. The van der Waals surface area contributed by atoms with Gasteiger partial charge in [-0.25, -0.2) is 18.7 Å². The lowest BCUT2D eigenvalue weighted by atomic mass is 10.1. The highest BCUT2D eigenvalue weighted by Crippen LogP contribution is 2.32. The number of rotatable bonds is 8. The van der Waals surface area contributed by atoms with Gasteiger partial charge >= 0.3 is 0 Å². The number of thiol groups is 1. The number of nitrogens with one attached hydrogen (secondary N) is 1. The molecule has 184 valence electrons. The molecular formula is C26H23F2N5O2S. The summed E-state index contributed by atoms with van der Waals surface area (Å²) < 4.78 is 48.5. The molecule has 7 nitrogen and oxygen atoms in total. The van der Waals surface area contributed by atoms with E-state index in [-0.39, 0.29) is 35.3 Å². The number of nitrogens with zero attached hydrogens (tertiary/aromatic N) is 4. The van der Waals surface area contributed by atoms with Gasteiger partial charge in [0.05, 0.1) is 6.20 Å². The van der Waals surface area contributed by atoms with Gasteiger partial charge in [0.15, 0.2) is 5.82 Å². The quantitative estimate of drug-likeness (QED) is 0.203. The van der Waals surface area contributed by atoms with Gasteiger partial charge < -0.3 is 14.6 Å². The third-order valence-electron chi connectivity index (χ3n) is 5.11. The average molecular weight is 508 g/mol. The topological polar surface area (TPSA) is 103 Å². The summed E-state index contributed by atoms with van der Waals surface area (Å²) in [5.41, 5.74) is 2.47. The molecule has 10 heteroatoms. The van der Waals surface area contributed by atoms with Crippen molar-refractivity contribution in [1.82, 2.24) is 9.97 Å². The van der Waals surface area contributed by atoms with Crippen LogP contribution in [-0.2, 0) is 22.5 Å². The van der Waals surface area contributed by atoms with Gasteiger partial charge in [0, 0.05) is 23.1 Å².